The first-order valence-electron chi connectivity index (χ1n) is 10.1. The van der Waals surface area contributed by atoms with E-state index in [0.717, 1.165) is 30.8 Å². The number of anilines is 2. The second-order valence-corrected chi connectivity index (χ2v) is 7.11. The topological polar surface area (TPSA) is 92.1 Å². The van der Waals surface area contributed by atoms with E-state index in [4.69, 9.17) is 9.15 Å². The maximum atomic E-state index is 13.0. The lowest BCUT2D eigenvalue weighted by atomic mass is 10.1. The molecule has 0 atom stereocenters. The summed E-state index contributed by atoms with van der Waals surface area (Å²) >= 11 is 0. The van der Waals surface area contributed by atoms with Gasteiger partial charge in [0.2, 0.25) is 0 Å². The second kappa shape index (κ2) is 8.44. The van der Waals surface area contributed by atoms with Crippen molar-refractivity contribution in [3.63, 3.8) is 0 Å². The number of rotatable bonds is 5. The molecule has 2 saturated heterocycles. The zero-order chi connectivity index (χ0) is 21.1. The van der Waals surface area contributed by atoms with Crippen molar-refractivity contribution >= 4 is 35.5 Å². The molecule has 0 bridgehead atoms. The summed E-state index contributed by atoms with van der Waals surface area (Å²) in [7, 11) is 0. The highest BCUT2D eigenvalue weighted by atomic mass is 16.5. The number of carbonyl (C=O) groups excluding carboxylic acids is 3. The molecular formula is C22H23N3O5. The number of nitrogens with zero attached hydrogens (tertiary/aromatic N) is 2. The molecule has 1 aromatic carbocycles. The molecular weight excluding hydrogens is 386 g/mol. The van der Waals surface area contributed by atoms with Gasteiger partial charge >= 0.3 is 6.03 Å². The van der Waals surface area contributed by atoms with Crippen molar-refractivity contribution in [2.75, 3.05) is 29.5 Å². The molecule has 1 aromatic heterocycles. The maximum Gasteiger partial charge on any atom is 0.335 e. The summed E-state index contributed by atoms with van der Waals surface area (Å²) in [5, 5.41) is 2.21. The number of barbiturate groups is 1. The van der Waals surface area contributed by atoms with Crippen LogP contribution in [0.25, 0.3) is 6.08 Å². The molecule has 30 heavy (non-hydrogen) atoms. The third-order valence-corrected chi connectivity index (χ3v) is 5.07. The molecule has 0 aliphatic carbocycles. The number of carbonyl (C=O) groups is 3. The third kappa shape index (κ3) is 3.94. The molecule has 156 valence electrons. The molecule has 8 heteroatoms. The van der Waals surface area contributed by atoms with Gasteiger partial charge in [0.05, 0.1) is 12.3 Å². The van der Waals surface area contributed by atoms with Gasteiger partial charge in [0.25, 0.3) is 11.8 Å². The largest absolute Gasteiger partial charge is 0.494 e. The molecule has 0 unspecified atom stereocenters. The van der Waals surface area contributed by atoms with Crippen molar-refractivity contribution < 1.29 is 23.5 Å². The molecule has 3 heterocycles. The van der Waals surface area contributed by atoms with Gasteiger partial charge in [-0.1, -0.05) is 0 Å². The molecule has 0 radical (unpaired) electrons. The van der Waals surface area contributed by atoms with Crippen molar-refractivity contribution in [1.82, 2.24) is 5.32 Å². The van der Waals surface area contributed by atoms with Crippen LogP contribution in [0.1, 0.15) is 31.9 Å². The van der Waals surface area contributed by atoms with Crippen LogP contribution in [0, 0.1) is 0 Å². The molecule has 2 aliphatic rings. The minimum Gasteiger partial charge on any atom is -0.494 e. The van der Waals surface area contributed by atoms with Gasteiger partial charge in [-0.25, -0.2) is 9.69 Å². The highest BCUT2D eigenvalue weighted by molar-refractivity contribution is 6.39. The number of imide groups is 2. The number of ether oxygens (including phenoxy) is 1. The first kappa shape index (κ1) is 19.8. The van der Waals surface area contributed by atoms with Crippen molar-refractivity contribution in [1.29, 1.82) is 0 Å². The van der Waals surface area contributed by atoms with E-state index < -0.39 is 17.8 Å². The van der Waals surface area contributed by atoms with Gasteiger partial charge in [-0.3, -0.25) is 14.9 Å². The fourth-order valence-corrected chi connectivity index (χ4v) is 3.60. The lowest BCUT2D eigenvalue weighted by molar-refractivity contribution is -0.122. The van der Waals surface area contributed by atoms with Crippen LogP contribution in [-0.4, -0.2) is 37.5 Å². The quantitative estimate of drug-likeness (QED) is 0.602. The van der Waals surface area contributed by atoms with Crippen LogP contribution in [0.2, 0.25) is 0 Å². The van der Waals surface area contributed by atoms with E-state index >= 15 is 0 Å². The Morgan fingerprint density at radius 1 is 1.03 bits per heavy atom. The Labute approximate surface area is 174 Å². The molecule has 2 aromatic rings. The van der Waals surface area contributed by atoms with Crippen molar-refractivity contribution in [3.05, 3.63) is 47.7 Å². The number of furan rings is 1. The second-order valence-electron chi connectivity index (χ2n) is 7.11. The molecule has 8 nitrogen and oxygen atoms in total. The van der Waals surface area contributed by atoms with Gasteiger partial charge in [0.1, 0.15) is 17.1 Å². The summed E-state index contributed by atoms with van der Waals surface area (Å²) in [5.41, 5.74) is 0.177. The van der Waals surface area contributed by atoms with Crippen molar-refractivity contribution in [2.24, 2.45) is 0 Å². The molecule has 0 spiro atoms. The zero-order valence-electron chi connectivity index (χ0n) is 16.7. The number of hydrogen-bond donors (Lipinski definition) is 1. The summed E-state index contributed by atoms with van der Waals surface area (Å²) in [6.07, 6.45) is 4.80. The minimum atomic E-state index is -0.792. The van der Waals surface area contributed by atoms with Gasteiger partial charge in [-0.05, 0) is 62.6 Å². The monoisotopic (exact) mass is 409 g/mol. The highest BCUT2D eigenvalue weighted by Crippen LogP contribution is 2.27. The SMILES string of the molecule is CCOc1ccc(N2C(=O)NC(=O)/C(=C\c3ccc(N4CCCCC4)o3)C2=O)cc1. The van der Waals surface area contributed by atoms with E-state index in [1.807, 2.05) is 13.0 Å². The van der Waals surface area contributed by atoms with Crippen LogP contribution in [0.3, 0.4) is 0 Å². The summed E-state index contributed by atoms with van der Waals surface area (Å²) in [5.74, 6) is 0.269. The summed E-state index contributed by atoms with van der Waals surface area (Å²) in [6.45, 7) is 4.21. The number of benzene rings is 1. The van der Waals surface area contributed by atoms with Gasteiger partial charge < -0.3 is 14.1 Å². The molecule has 2 fully saturated rings. The van der Waals surface area contributed by atoms with Gasteiger partial charge in [-0.15, -0.1) is 0 Å². The minimum absolute atomic E-state index is 0.164. The fourth-order valence-electron chi connectivity index (χ4n) is 3.60. The normalized spacial score (nSPS) is 18.7. The van der Waals surface area contributed by atoms with Gasteiger partial charge in [-0.2, -0.15) is 0 Å². The number of hydrogen-bond acceptors (Lipinski definition) is 6. The first-order valence-corrected chi connectivity index (χ1v) is 10.1. The zero-order valence-corrected chi connectivity index (χ0v) is 16.7. The number of piperidine rings is 1. The molecule has 2 aliphatic heterocycles. The van der Waals surface area contributed by atoms with E-state index in [1.54, 1.807) is 30.3 Å². The number of urea groups is 1. The van der Waals surface area contributed by atoms with Crippen LogP contribution in [0.4, 0.5) is 16.4 Å². The Morgan fingerprint density at radius 2 is 1.77 bits per heavy atom. The predicted molar refractivity (Wildman–Crippen MR) is 111 cm³/mol. The van der Waals surface area contributed by atoms with Gasteiger partial charge in [0.15, 0.2) is 5.88 Å². The Hall–Kier alpha value is -3.55. The molecule has 0 saturated carbocycles. The van der Waals surface area contributed by atoms with E-state index in [0.29, 0.717) is 29.7 Å². The average Bonchev–Trinajstić information content (AvgIpc) is 3.22. The van der Waals surface area contributed by atoms with Crippen LogP contribution in [0.5, 0.6) is 5.75 Å². The molecule has 1 N–H and O–H groups in total. The Bertz CT molecular complexity index is 986. The fraction of sp³-hybridized carbons (Fsp3) is 0.318. The van der Waals surface area contributed by atoms with E-state index in [-0.39, 0.29) is 5.57 Å². The Kier molecular flexibility index (Phi) is 5.56. The number of amides is 4. The lowest BCUT2D eigenvalue weighted by Crippen LogP contribution is -2.54. The summed E-state index contributed by atoms with van der Waals surface area (Å²) in [4.78, 5) is 40.7. The Morgan fingerprint density at radius 3 is 2.47 bits per heavy atom. The van der Waals surface area contributed by atoms with Crippen molar-refractivity contribution in [3.8, 4) is 5.75 Å². The molecule has 4 rings (SSSR count). The lowest BCUT2D eigenvalue weighted by Gasteiger charge is -2.26. The average molecular weight is 409 g/mol. The van der Waals surface area contributed by atoms with Gasteiger partial charge in [0, 0.05) is 19.2 Å². The standard InChI is InChI=1S/C22H23N3O5/c1-2-29-16-8-6-15(7-9-16)25-21(27)18(20(26)23-22(25)28)14-17-10-11-19(30-17)24-12-4-3-5-13-24/h6-11,14H,2-5,12-13H2,1H3,(H,23,26,28)/b18-14+. The maximum absolute atomic E-state index is 13.0. The first-order chi connectivity index (χ1) is 14.6. The Balaban J connectivity index is 1.58. The van der Waals surface area contributed by atoms with E-state index in [9.17, 15) is 14.4 Å². The summed E-state index contributed by atoms with van der Waals surface area (Å²) < 4.78 is 11.2. The van der Waals surface area contributed by atoms with Crippen LogP contribution in [-0.2, 0) is 9.59 Å². The summed E-state index contributed by atoms with van der Waals surface area (Å²) in [6, 6.07) is 9.27. The van der Waals surface area contributed by atoms with Crippen LogP contribution in [0.15, 0.2) is 46.4 Å². The van der Waals surface area contributed by atoms with Crippen molar-refractivity contribution in [2.45, 2.75) is 26.2 Å². The predicted octanol–water partition coefficient (Wildman–Crippen LogP) is 3.34. The third-order valence-electron chi connectivity index (χ3n) is 5.07. The van der Waals surface area contributed by atoms with E-state index in [2.05, 4.69) is 10.2 Å². The highest BCUT2D eigenvalue weighted by Gasteiger charge is 2.37. The smallest absolute Gasteiger partial charge is 0.335 e. The number of nitrogens with one attached hydrogen (secondary N) is 1. The van der Waals surface area contributed by atoms with E-state index in [1.165, 1.54) is 12.5 Å². The van der Waals surface area contributed by atoms with Crippen LogP contribution < -0.4 is 19.9 Å². The molecule has 4 amide bonds. The van der Waals surface area contributed by atoms with Crippen LogP contribution >= 0.6 is 0 Å².